The third-order valence-corrected chi connectivity index (χ3v) is 8.22. The van der Waals surface area contributed by atoms with E-state index in [1.165, 1.54) is 70.6 Å². The van der Waals surface area contributed by atoms with Crippen molar-refractivity contribution in [1.29, 1.82) is 0 Å². The Morgan fingerprint density at radius 3 is 2.58 bits per heavy atom. The first-order valence-corrected chi connectivity index (χ1v) is 13.1. The highest BCUT2D eigenvalue weighted by Gasteiger charge is 2.35. The average Bonchev–Trinajstić information content (AvgIpc) is 3.24. The number of aldehydes is 1. The molecule has 3 fully saturated rings. The minimum Gasteiger partial charge on any atom is -0.477 e. The van der Waals surface area contributed by atoms with Gasteiger partial charge in [-0.15, -0.1) is 0 Å². The molecule has 2 bridgehead atoms. The fourth-order valence-electron chi connectivity index (χ4n) is 6.23. The topological polar surface area (TPSA) is 73.2 Å². The molecule has 0 aliphatic heterocycles. The van der Waals surface area contributed by atoms with Crippen LogP contribution in [0, 0.1) is 23.7 Å². The van der Waals surface area contributed by atoms with Crippen LogP contribution in [-0.2, 0) is 11.3 Å². The summed E-state index contributed by atoms with van der Waals surface area (Å²) < 4.78 is 7.95. The molecular formula is C27H41N3O3. The van der Waals surface area contributed by atoms with Crippen molar-refractivity contribution < 1.29 is 14.3 Å². The lowest BCUT2D eigenvalue weighted by molar-refractivity contribution is -0.104. The van der Waals surface area contributed by atoms with E-state index >= 15 is 0 Å². The molecule has 1 heterocycles. The van der Waals surface area contributed by atoms with Crippen molar-refractivity contribution >= 4 is 12.2 Å². The lowest BCUT2D eigenvalue weighted by atomic mass is 9.66. The average molecular weight is 456 g/mol. The number of allylic oxidation sites excluding steroid dienone is 2. The molecule has 0 radical (unpaired) electrons. The Bertz CT molecular complexity index is 828. The summed E-state index contributed by atoms with van der Waals surface area (Å²) in [5.74, 6) is 3.20. The van der Waals surface area contributed by atoms with E-state index in [0.29, 0.717) is 42.0 Å². The normalized spacial score (nSPS) is 27.1. The van der Waals surface area contributed by atoms with Crippen LogP contribution in [0.4, 0.5) is 0 Å². The molecule has 1 N–H and O–H groups in total. The minimum absolute atomic E-state index is 0.0979. The number of hydrogen-bond donors (Lipinski definition) is 1. The smallest absolute Gasteiger partial charge is 0.258 e. The van der Waals surface area contributed by atoms with Crippen LogP contribution in [0.15, 0.2) is 17.8 Å². The van der Waals surface area contributed by atoms with Crippen molar-refractivity contribution in [2.75, 3.05) is 6.61 Å². The number of rotatable bonds is 9. The van der Waals surface area contributed by atoms with E-state index < -0.39 is 0 Å². The molecule has 182 valence electrons. The number of nitrogens with one attached hydrogen (secondary N) is 1. The zero-order valence-electron chi connectivity index (χ0n) is 20.4. The van der Waals surface area contributed by atoms with Gasteiger partial charge in [-0.25, -0.2) is 4.68 Å². The van der Waals surface area contributed by atoms with Gasteiger partial charge in [0, 0.05) is 6.04 Å². The summed E-state index contributed by atoms with van der Waals surface area (Å²) in [5, 5.41) is 7.72. The molecule has 1 aromatic rings. The highest BCUT2D eigenvalue weighted by Crippen LogP contribution is 2.43. The van der Waals surface area contributed by atoms with Crippen LogP contribution in [0.5, 0.6) is 5.88 Å². The van der Waals surface area contributed by atoms with Crippen molar-refractivity contribution in [2.45, 2.75) is 97.1 Å². The van der Waals surface area contributed by atoms with E-state index in [-0.39, 0.29) is 11.9 Å². The molecule has 3 aliphatic carbocycles. The highest BCUT2D eigenvalue weighted by atomic mass is 16.5. The Kier molecular flexibility index (Phi) is 8.26. The Morgan fingerprint density at radius 1 is 1.15 bits per heavy atom. The van der Waals surface area contributed by atoms with Gasteiger partial charge in [-0.1, -0.05) is 44.6 Å². The number of carbonyl (C=O) groups is 2. The van der Waals surface area contributed by atoms with Crippen molar-refractivity contribution in [3.63, 3.8) is 0 Å². The van der Waals surface area contributed by atoms with Crippen LogP contribution in [0.2, 0.25) is 0 Å². The van der Waals surface area contributed by atoms with Crippen molar-refractivity contribution in [1.82, 2.24) is 15.1 Å². The monoisotopic (exact) mass is 455 g/mol. The molecule has 33 heavy (non-hydrogen) atoms. The van der Waals surface area contributed by atoms with E-state index in [1.807, 2.05) is 6.08 Å². The van der Waals surface area contributed by atoms with Gasteiger partial charge in [0.05, 0.1) is 19.3 Å². The molecule has 1 amide bonds. The van der Waals surface area contributed by atoms with Gasteiger partial charge >= 0.3 is 0 Å². The minimum atomic E-state index is -0.0979. The second-order valence-corrected chi connectivity index (χ2v) is 10.8. The first-order valence-electron chi connectivity index (χ1n) is 13.1. The third kappa shape index (κ3) is 6.27. The number of ether oxygens (including phenoxy) is 1. The van der Waals surface area contributed by atoms with Crippen LogP contribution < -0.4 is 10.1 Å². The summed E-state index contributed by atoms with van der Waals surface area (Å²) in [4.78, 5) is 24.3. The molecule has 3 aliphatic rings. The Morgan fingerprint density at radius 2 is 1.88 bits per heavy atom. The lowest BCUT2D eigenvalue weighted by Gasteiger charge is -2.41. The van der Waals surface area contributed by atoms with Crippen molar-refractivity contribution in [3.8, 4) is 5.88 Å². The predicted octanol–water partition coefficient (Wildman–Crippen LogP) is 5.32. The van der Waals surface area contributed by atoms with Crippen LogP contribution in [0.25, 0.3) is 0 Å². The Labute approximate surface area is 198 Å². The van der Waals surface area contributed by atoms with Crippen molar-refractivity contribution in [2.24, 2.45) is 23.7 Å². The standard InChI is InChI=1S/C27H41N3O3/c1-19(17-31)11-12-30-27(33-18-21-7-4-3-5-8-21)25(16-28-30)26(32)29-20(2)24-14-22-9-6-10-23(13-22)15-24/h11,16-17,20-24H,3-10,12-15,18H2,1-2H3,(H,29,32)/b19-11+. The predicted molar refractivity (Wildman–Crippen MR) is 129 cm³/mol. The zero-order chi connectivity index (χ0) is 23.2. The summed E-state index contributed by atoms with van der Waals surface area (Å²) in [5.41, 5.74) is 1.15. The van der Waals surface area contributed by atoms with Gasteiger partial charge in [0.1, 0.15) is 11.8 Å². The maximum atomic E-state index is 13.3. The maximum Gasteiger partial charge on any atom is 0.258 e. The maximum absolute atomic E-state index is 13.3. The molecule has 6 nitrogen and oxygen atoms in total. The van der Waals surface area contributed by atoms with E-state index in [9.17, 15) is 9.59 Å². The van der Waals surface area contributed by atoms with Crippen LogP contribution in [0.1, 0.15) is 94.8 Å². The zero-order valence-corrected chi connectivity index (χ0v) is 20.4. The number of fused-ring (bicyclic) bond motifs is 2. The molecule has 0 spiro atoms. The molecule has 4 rings (SSSR count). The molecule has 3 saturated carbocycles. The molecular weight excluding hydrogens is 414 g/mol. The second kappa shape index (κ2) is 11.3. The van der Waals surface area contributed by atoms with E-state index in [2.05, 4.69) is 17.3 Å². The van der Waals surface area contributed by atoms with Gasteiger partial charge in [0.15, 0.2) is 0 Å². The third-order valence-electron chi connectivity index (χ3n) is 8.22. The first-order chi connectivity index (χ1) is 16.0. The SMILES string of the molecule is C/C(C=O)=C\Cn1ncc(C(=O)NC(C)C2CC3CCCC(C3)C2)c1OCC1CCCCC1. The quantitative estimate of drug-likeness (QED) is 0.404. The molecule has 1 aromatic heterocycles. The fraction of sp³-hybridized carbons (Fsp3) is 0.741. The van der Waals surface area contributed by atoms with Gasteiger partial charge in [-0.2, -0.15) is 5.10 Å². The second-order valence-electron chi connectivity index (χ2n) is 10.8. The number of hydrogen-bond acceptors (Lipinski definition) is 4. The van der Waals surface area contributed by atoms with E-state index in [1.54, 1.807) is 17.8 Å². The largest absolute Gasteiger partial charge is 0.477 e. The van der Waals surface area contributed by atoms with Gasteiger partial charge in [0.2, 0.25) is 5.88 Å². The highest BCUT2D eigenvalue weighted by molar-refractivity contribution is 5.96. The van der Waals surface area contributed by atoms with Crippen LogP contribution >= 0.6 is 0 Å². The number of carbonyl (C=O) groups excluding carboxylic acids is 2. The lowest BCUT2D eigenvalue weighted by Crippen LogP contribution is -2.42. The number of aromatic nitrogens is 2. The Balaban J connectivity index is 1.44. The summed E-state index contributed by atoms with van der Waals surface area (Å²) in [6.45, 7) is 4.96. The van der Waals surface area contributed by atoms with Crippen molar-refractivity contribution in [3.05, 3.63) is 23.4 Å². The number of nitrogens with zero attached hydrogens (tertiary/aromatic N) is 2. The Hall–Kier alpha value is -2.11. The van der Waals surface area contributed by atoms with Gasteiger partial charge in [0.25, 0.3) is 5.91 Å². The summed E-state index contributed by atoms with van der Waals surface area (Å²) >= 11 is 0. The molecule has 0 aromatic carbocycles. The van der Waals surface area contributed by atoms with Gasteiger partial charge in [-0.05, 0) is 75.2 Å². The van der Waals surface area contributed by atoms with Gasteiger partial charge < -0.3 is 10.1 Å². The van der Waals surface area contributed by atoms with Gasteiger partial charge in [-0.3, -0.25) is 9.59 Å². The summed E-state index contributed by atoms with van der Waals surface area (Å²) in [6.07, 6.45) is 18.4. The molecule has 3 atom stereocenters. The first kappa shape index (κ1) is 24.0. The number of amides is 1. The molecule has 6 heteroatoms. The fourth-order valence-corrected chi connectivity index (χ4v) is 6.23. The summed E-state index contributed by atoms with van der Waals surface area (Å²) in [6, 6.07) is 0.146. The summed E-state index contributed by atoms with van der Waals surface area (Å²) in [7, 11) is 0. The van der Waals surface area contributed by atoms with E-state index in [0.717, 1.165) is 18.1 Å². The van der Waals surface area contributed by atoms with Crippen LogP contribution in [-0.4, -0.2) is 34.6 Å². The van der Waals surface area contributed by atoms with E-state index in [4.69, 9.17) is 4.74 Å². The molecule has 3 unspecified atom stereocenters. The van der Waals surface area contributed by atoms with Crippen LogP contribution in [0.3, 0.4) is 0 Å². The molecule has 0 saturated heterocycles.